The fourth-order valence-electron chi connectivity index (χ4n) is 1.79. The molecule has 2 amide bonds. The smallest absolute Gasteiger partial charge is 0.245 e. The zero-order chi connectivity index (χ0) is 13.9. The van der Waals surface area contributed by atoms with Gasteiger partial charge in [-0.15, -0.1) is 0 Å². The molecule has 1 N–H and O–H groups in total. The van der Waals surface area contributed by atoms with Crippen LogP contribution in [-0.4, -0.2) is 52.9 Å². The van der Waals surface area contributed by atoms with Crippen molar-refractivity contribution in [1.29, 1.82) is 0 Å². The minimum atomic E-state index is -0.666. The van der Waals surface area contributed by atoms with Gasteiger partial charge in [-0.25, -0.2) is 0 Å². The molecule has 1 aliphatic heterocycles. The molecule has 1 unspecified atom stereocenters. The van der Waals surface area contributed by atoms with Crippen molar-refractivity contribution >= 4 is 27.7 Å². The molecule has 0 aromatic carbocycles. The number of amides is 2. The first kappa shape index (κ1) is 15.4. The highest BCUT2D eigenvalue weighted by atomic mass is 79.9. The third kappa shape index (κ3) is 3.95. The van der Waals surface area contributed by atoms with Gasteiger partial charge in [0.25, 0.3) is 0 Å². The molecule has 1 fully saturated rings. The van der Waals surface area contributed by atoms with Crippen LogP contribution in [0.15, 0.2) is 0 Å². The lowest BCUT2D eigenvalue weighted by Crippen LogP contribution is -2.59. The van der Waals surface area contributed by atoms with Crippen molar-refractivity contribution in [2.24, 2.45) is 0 Å². The third-order valence-corrected chi connectivity index (χ3v) is 2.97. The van der Waals surface area contributed by atoms with Crippen LogP contribution < -0.4 is 5.32 Å². The van der Waals surface area contributed by atoms with Crippen molar-refractivity contribution < 1.29 is 14.3 Å². The lowest BCUT2D eigenvalue weighted by molar-refractivity contribution is -0.149. The van der Waals surface area contributed by atoms with Gasteiger partial charge in [-0.3, -0.25) is 9.59 Å². The maximum Gasteiger partial charge on any atom is 0.245 e. The SMILES string of the molecule is CC(C)NC(=O)C1COCCN1C(=O)C(C)(C)Br. The maximum absolute atomic E-state index is 12.3. The van der Waals surface area contributed by atoms with E-state index in [0.29, 0.717) is 13.2 Å². The summed E-state index contributed by atoms with van der Waals surface area (Å²) < 4.78 is 4.64. The van der Waals surface area contributed by atoms with Crippen LogP contribution >= 0.6 is 15.9 Å². The second kappa shape index (κ2) is 6.02. The number of hydrogen-bond donors (Lipinski definition) is 1. The molecular weight excluding hydrogens is 300 g/mol. The predicted molar refractivity (Wildman–Crippen MR) is 72.6 cm³/mol. The van der Waals surface area contributed by atoms with Crippen LogP contribution in [0.1, 0.15) is 27.7 Å². The summed E-state index contributed by atoms with van der Waals surface area (Å²) in [5, 5.41) is 2.82. The topological polar surface area (TPSA) is 58.6 Å². The molecule has 0 aromatic heterocycles. The average molecular weight is 321 g/mol. The van der Waals surface area contributed by atoms with E-state index < -0.39 is 10.4 Å². The van der Waals surface area contributed by atoms with Gasteiger partial charge in [0, 0.05) is 12.6 Å². The van der Waals surface area contributed by atoms with Gasteiger partial charge < -0.3 is 15.0 Å². The quantitative estimate of drug-likeness (QED) is 0.786. The zero-order valence-electron chi connectivity index (χ0n) is 11.3. The van der Waals surface area contributed by atoms with Crippen LogP contribution in [-0.2, 0) is 14.3 Å². The molecule has 5 nitrogen and oxygen atoms in total. The highest BCUT2D eigenvalue weighted by Gasteiger charge is 2.38. The standard InChI is InChI=1S/C12H21BrN2O3/c1-8(2)14-10(16)9-7-18-6-5-15(9)11(17)12(3,4)13/h8-9H,5-7H2,1-4H3,(H,14,16). The van der Waals surface area contributed by atoms with Crippen molar-refractivity contribution in [3.63, 3.8) is 0 Å². The molecule has 1 aliphatic rings. The minimum absolute atomic E-state index is 0.0494. The van der Waals surface area contributed by atoms with Gasteiger partial charge in [0.2, 0.25) is 11.8 Å². The fraction of sp³-hybridized carbons (Fsp3) is 0.833. The number of alkyl halides is 1. The Morgan fingerprint density at radius 3 is 2.56 bits per heavy atom. The van der Waals surface area contributed by atoms with E-state index >= 15 is 0 Å². The Hall–Kier alpha value is -0.620. The van der Waals surface area contributed by atoms with Crippen molar-refractivity contribution in [3.8, 4) is 0 Å². The third-order valence-electron chi connectivity index (χ3n) is 2.63. The lowest BCUT2D eigenvalue weighted by atomic mass is 10.1. The number of ether oxygens (including phenoxy) is 1. The number of rotatable bonds is 3. The van der Waals surface area contributed by atoms with E-state index in [4.69, 9.17) is 4.74 Å². The Morgan fingerprint density at radius 1 is 1.44 bits per heavy atom. The average Bonchev–Trinajstić information content (AvgIpc) is 2.26. The highest BCUT2D eigenvalue weighted by Crippen LogP contribution is 2.22. The normalized spacial score (nSPS) is 21.0. The van der Waals surface area contributed by atoms with Crippen LogP contribution in [0, 0.1) is 0 Å². The van der Waals surface area contributed by atoms with Crippen LogP contribution in [0.4, 0.5) is 0 Å². The van der Waals surface area contributed by atoms with Crippen molar-refractivity contribution in [3.05, 3.63) is 0 Å². The number of nitrogens with one attached hydrogen (secondary N) is 1. The molecule has 18 heavy (non-hydrogen) atoms. The van der Waals surface area contributed by atoms with Gasteiger partial charge in [-0.05, 0) is 27.7 Å². The zero-order valence-corrected chi connectivity index (χ0v) is 12.9. The first-order chi connectivity index (χ1) is 8.23. The number of carbonyl (C=O) groups is 2. The monoisotopic (exact) mass is 320 g/mol. The molecule has 0 bridgehead atoms. The molecule has 0 aromatic rings. The van der Waals surface area contributed by atoms with Crippen LogP contribution in [0.5, 0.6) is 0 Å². The van der Waals surface area contributed by atoms with Gasteiger partial charge in [0.15, 0.2) is 0 Å². The first-order valence-electron chi connectivity index (χ1n) is 6.11. The Bertz CT molecular complexity index is 326. The molecule has 1 rings (SSSR count). The summed E-state index contributed by atoms with van der Waals surface area (Å²) in [6.07, 6.45) is 0. The van der Waals surface area contributed by atoms with E-state index in [1.165, 1.54) is 0 Å². The summed E-state index contributed by atoms with van der Waals surface area (Å²) in [6, 6.07) is -0.487. The Labute approximate surface area is 116 Å². The first-order valence-corrected chi connectivity index (χ1v) is 6.91. The van der Waals surface area contributed by atoms with Gasteiger partial charge in [-0.1, -0.05) is 15.9 Å². The Kier molecular flexibility index (Phi) is 5.16. The van der Waals surface area contributed by atoms with E-state index in [0.717, 1.165) is 0 Å². The van der Waals surface area contributed by atoms with Gasteiger partial charge >= 0.3 is 0 Å². The number of nitrogens with zero attached hydrogens (tertiary/aromatic N) is 1. The van der Waals surface area contributed by atoms with Crippen molar-refractivity contribution in [2.45, 2.75) is 44.1 Å². The van der Waals surface area contributed by atoms with E-state index in [2.05, 4.69) is 21.2 Å². The van der Waals surface area contributed by atoms with Crippen LogP contribution in [0.2, 0.25) is 0 Å². The highest BCUT2D eigenvalue weighted by molar-refractivity contribution is 9.10. The fourth-order valence-corrected chi connectivity index (χ4v) is 2.01. The lowest BCUT2D eigenvalue weighted by Gasteiger charge is -2.37. The van der Waals surface area contributed by atoms with E-state index in [-0.39, 0.29) is 24.5 Å². The van der Waals surface area contributed by atoms with E-state index in [1.807, 2.05) is 13.8 Å². The molecule has 1 saturated heterocycles. The molecule has 1 heterocycles. The molecule has 104 valence electrons. The van der Waals surface area contributed by atoms with Crippen molar-refractivity contribution in [1.82, 2.24) is 10.2 Å². The van der Waals surface area contributed by atoms with Crippen molar-refractivity contribution in [2.75, 3.05) is 19.8 Å². The van der Waals surface area contributed by atoms with Crippen LogP contribution in [0.25, 0.3) is 0 Å². The Balaban J connectivity index is 2.80. The predicted octanol–water partition coefficient (Wildman–Crippen LogP) is 0.912. The van der Waals surface area contributed by atoms with E-state index in [1.54, 1.807) is 18.7 Å². The molecule has 0 spiro atoms. The number of morpholine rings is 1. The number of carbonyl (C=O) groups excluding carboxylic acids is 2. The summed E-state index contributed by atoms with van der Waals surface area (Å²) in [6.45, 7) is 8.52. The summed E-state index contributed by atoms with van der Waals surface area (Å²) in [5.74, 6) is -0.246. The molecule has 0 radical (unpaired) electrons. The molecule has 0 saturated carbocycles. The molecule has 6 heteroatoms. The summed E-state index contributed by atoms with van der Waals surface area (Å²) in [4.78, 5) is 25.9. The Morgan fingerprint density at radius 2 is 2.06 bits per heavy atom. The summed E-state index contributed by atoms with van der Waals surface area (Å²) in [5.41, 5.74) is 0. The molecule has 0 aliphatic carbocycles. The second-order valence-corrected chi connectivity index (χ2v) is 7.21. The maximum atomic E-state index is 12.3. The minimum Gasteiger partial charge on any atom is -0.377 e. The van der Waals surface area contributed by atoms with Crippen LogP contribution in [0.3, 0.4) is 0 Å². The molecular formula is C12H21BrN2O3. The molecule has 1 atom stereocenters. The number of halogens is 1. The summed E-state index contributed by atoms with van der Waals surface area (Å²) >= 11 is 3.34. The van der Waals surface area contributed by atoms with Gasteiger partial charge in [0.05, 0.1) is 17.5 Å². The van der Waals surface area contributed by atoms with Gasteiger partial charge in [0.1, 0.15) is 6.04 Å². The second-order valence-electron chi connectivity index (χ2n) is 5.23. The van der Waals surface area contributed by atoms with Gasteiger partial charge in [-0.2, -0.15) is 0 Å². The van der Waals surface area contributed by atoms with E-state index in [9.17, 15) is 9.59 Å². The largest absolute Gasteiger partial charge is 0.377 e. The number of hydrogen-bond acceptors (Lipinski definition) is 3. The summed E-state index contributed by atoms with van der Waals surface area (Å²) in [7, 11) is 0.